The standard InChI is InChI=1S/C63H90N4O12/c1-11-37-76-56(71)26-22-17-16-21-25-47-48(54(69)40-53(47)68)31-29-45(28-27-44-23-19-18-20-24-44)77-57(72)34-33-55(70)62(9,12-2)78-43(8)59(73)63(10,13-3)79-46-30-32-51-49(38-46)50(60(74)66-51)39-52-41(6)58(42(7)65-52)61(75)64-35-36-67(14-4)15-5/h16,18-21,23-24,30,32,38-39,43,45,47-48,53-54,65,68-69H,11-15,17,22,25-29,31,33-37,40H2,1-10H3,(H,64,75)(H,66,74)/b21-16-,50-39-/t43-,45-,47+,48+,53-,54+,62?,63?/m0/s1. The molecule has 1 aliphatic heterocycles. The Balaban J connectivity index is 1.19. The Bertz CT molecular complexity index is 2590. The zero-order valence-electron chi connectivity index (χ0n) is 48.7. The maximum atomic E-state index is 14.4. The van der Waals surface area contributed by atoms with Crippen LogP contribution in [0.25, 0.3) is 11.6 Å². The van der Waals surface area contributed by atoms with E-state index in [9.17, 15) is 39.0 Å². The number of aliphatic hydroxyl groups excluding tert-OH is 2. The first-order chi connectivity index (χ1) is 37.7. The maximum Gasteiger partial charge on any atom is 0.306 e. The van der Waals surface area contributed by atoms with Crippen LogP contribution in [0.2, 0.25) is 0 Å². The quantitative estimate of drug-likeness (QED) is 0.0163. The Morgan fingerprint density at radius 1 is 0.873 bits per heavy atom. The van der Waals surface area contributed by atoms with Crippen LogP contribution in [-0.2, 0) is 44.6 Å². The SMILES string of the molecule is CCCOC(=O)CCC/C=C\C[C@@H]1[C@@H](CC[C@H](CCc2ccccc2)OC(=O)CCC(=O)C(C)(CC)O[C@@H](C)C(=O)C(C)(CC)Oc2ccc3c(c2)/C(=C/c2[nH]c(C)c(C(=O)NCCN(CC)CC)c2C)C(=O)N3)[C@H](O)C[C@@H]1O. The van der Waals surface area contributed by atoms with Crippen LogP contribution in [-0.4, -0.2) is 124 Å². The zero-order valence-corrected chi connectivity index (χ0v) is 48.7. The van der Waals surface area contributed by atoms with Gasteiger partial charge < -0.3 is 49.7 Å². The van der Waals surface area contributed by atoms with Crippen LogP contribution in [0.1, 0.15) is 177 Å². The number of aromatic nitrogens is 1. The first-order valence-electron chi connectivity index (χ1n) is 28.9. The zero-order chi connectivity index (χ0) is 57.9. The van der Waals surface area contributed by atoms with Gasteiger partial charge in [-0.15, -0.1) is 0 Å². The molecule has 5 N–H and O–H groups in total. The second-order valence-corrected chi connectivity index (χ2v) is 21.7. The number of aliphatic hydroxyl groups is 2. The maximum absolute atomic E-state index is 14.4. The first-order valence-corrected chi connectivity index (χ1v) is 28.9. The highest BCUT2D eigenvalue weighted by atomic mass is 16.5. The smallest absolute Gasteiger partial charge is 0.306 e. The average Bonchev–Trinajstić information content (AvgIpc) is 4.16. The summed E-state index contributed by atoms with van der Waals surface area (Å²) in [5.74, 6) is -2.06. The molecule has 0 bridgehead atoms. The van der Waals surface area contributed by atoms with Gasteiger partial charge in [-0.3, -0.25) is 28.8 Å². The lowest BCUT2D eigenvalue weighted by atomic mass is 9.85. The molecule has 2 amide bonds. The molecule has 1 aliphatic carbocycles. The van der Waals surface area contributed by atoms with Crippen molar-refractivity contribution in [3.63, 3.8) is 0 Å². The van der Waals surface area contributed by atoms with Gasteiger partial charge in [0.2, 0.25) is 5.78 Å². The number of hydrogen-bond acceptors (Lipinski definition) is 13. The van der Waals surface area contributed by atoms with Crippen LogP contribution in [0.3, 0.4) is 0 Å². The Kier molecular flexibility index (Phi) is 24.7. The van der Waals surface area contributed by atoms with Gasteiger partial charge in [-0.2, -0.15) is 0 Å². The molecule has 1 aromatic heterocycles. The fraction of sp³-hybridized carbons (Fsp3) is 0.587. The van der Waals surface area contributed by atoms with Crippen molar-refractivity contribution >= 4 is 52.7 Å². The normalized spacial score (nSPS) is 19.9. The molecule has 434 valence electrons. The van der Waals surface area contributed by atoms with E-state index in [2.05, 4.69) is 34.4 Å². The monoisotopic (exact) mass is 1090 g/mol. The molecule has 8 atom stereocenters. The minimum Gasteiger partial charge on any atom is -0.480 e. The second-order valence-electron chi connectivity index (χ2n) is 21.7. The lowest BCUT2D eigenvalue weighted by Gasteiger charge is -2.35. The van der Waals surface area contributed by atoms with E-state index in [4.69, 9.17) is 18.9 Å². The number of unbranched alkanes of at least 4 members (excludes halogenated alkanes) is 1. The molecule has 2 aromatic carbocycles. The predicted octanol–water partition coefficient (Wildman–Crippen LogP) is 9.99. The minimum absolute atomic E-state index is 0.177. The Labute approximate surface area is 468 Å². The van der Waals surface area contributed by atoms with Crippen LogP contribution in [0.5, 0.6) is 5.75 Å². The molecule has 16 nitrogen and oxygen atoms in total. The number of aryl methyl sites for hydroxylation is 2. The van der Waals surface area contributed by atoms with Crippen molar-refractivity contribution in [3.05, 3.63) is 94.3 Å². The van der Waals surface area contributed by atoms with Gasteiger partial charge in [0.1, 0.15) is 23.6 Å². The molecule has 79 heavy (non-hydrogen) atoms. The Morgan fingerprint density at radius 2 is 1.58 bits per heavy atom. The summed E-state index contributed by atoms with van der Waals surface area (Å²) in [5.41, 5.74) is 2.30. The highest BCUT2D eigenvalue weighted by Gasteiger charge is 2.44. The third-order valence-corrected chi connectivity index (χ3v) is 16.1. The van der Waals surface area contributed by atoms with E-state index in [0.29, 0.717) is 110 Å². The number of aromatic amines is 1. The number of amides is 2. The fourth-order valence-corrected chi connectivity index (χ4v) is 10.8. The summed E-state index contributed by atoms with van der Waals surface area (Å²) in [6, 6.07) is 15.0. The molecule has 0 radical (unpaired) electrons. The third kappa shape index (κ3) is 17.8. The second kappa shape index (κ2) is 30.6. The third-order valence-electron chi connectivity index (χ3n) is 16.1. The lowest BCUT2D eigenvalue weighted by Crippen LogP contribution is -2.50. The number of nitrogens with one attached hydrogen (secondary N) is 3. The predicted molar refractivity (Wildman–Crippen MR) is 307 cm³/mol. The largest absolute Gasteiger partial charge is 0.480 e. The number of allylic oxidation sites excluding steroid dienone is 2. The van der Waals surface area contributed by atoms with Crippen molar-refractivity contribution in [3.8, 4) is 5.75 Å². The molecular formula is C63H90N4O12. The number of nitrogens with zero attached hydrogens (tertiary/aromatic N) is 1. The van der Waals surface area contributed by atoms with E-state index >= 15 is 0 Å². The number of rotatable bonds is 34. The van der Waals surface area contributed by atoms with E-state index in [0.717, 1.165) is 31.6 Å². The molecule has 1 fully saturated rings. The molecule has 16 heteroatoms. The van der Waals surface area contributed by atoms with E-state index in [1.807, 2.05) is 70.2 Å². The van der Waals surface area contributed by atoms with Crippen molar-refractivity contribution in [2.75, 3.05) is 38.1 Å². The molecule has 3 aromatic rings. The average molecular weight is 1100 g/mol. The summed E-state index contributed by atoms with van der Waals surface area (Å²) >= 11 is 0. The number of ether oxygens (including phenoxy) is 4. The van der Waals surface area contributed by atoms with Crippen LogP contribution < -0.4 is 15.4 Å². The molecule has 5 rings (SSSR count). The lowest BCUT2D eigenvalue weighted by molar-refractivity contribution is -0.165. The number of anilines is 1. The molecule has 2 aliphatic rings. The highest BCUT2D eigenvalue weighted by molar-refractivity contribution is 6.35. The van der Waals surface area contributed by atoms with Gasteiger partial charge in [-0.1, -0.05) is 77.1 Å². The topological polar surface area (TPSA) is 223 Å². The summed E-state index contributed by atoms with van der Waals surface area (Å²) in [6.45, 7) is 21.7. The number of ketones is 2. The van der Waals surface area contributed by atoms with Gasteiger partial charge in [-0.05, 0) is 166 Å². The Morgan fingerprint density at radius 3 is 2.27 bits per heavy atom. The van der Waals surface area contributed by atoms with Crippen LogP contribution >= 0.6 is 0 Å². The summed E-state index contributed by atoms with van der Waals surface area (Å²) in [4.78, 5) is 86.1. The van der Waals surface area contributed by atoms with Gasteiger partial charge in [0.05, 0.1) is 36.4 Å². The first kappa shape index (κ1) is 63.9. The number of esters is 2. The van der Waals surface area contributed by atoms with E-state index < -0.39 is 47.4 Å². The summed E-state index contributed by atoms with van der Waals surface area (Å²) in [6.07, 6.45) is 8.35. The number of carbonyl (C=O) groups excluding carboxylic acids is 6. The van der Waals surface area contributed by atoms with E-state index in [1.165, 1.54) is 0 Å². The number of likely N-dealkylation sites (N-methyl/N-ethyl adjacent to an activating group) is 1. The van der Waals surface area contributed by atoms with Crippen LogP contribution in [0.15, 0.2) is 60.7 Å². The van der Waals surface area contributed by atoms with Gasteiger partial charge in [-0.25, -0.2) is 0 Å². The molecule has 2 unspecified atom stereocenters. The Hall–Kier alpha value is -5.94. The number of carbonyl (C=O) groups is 6. The number of Topliss-reactive ketones (excluding diaryl/α,β-unsaturated/α-hetero) is 2. The van der Waals surface area contributed by atoms with Crippen LogP contribution in [0, 0.1) is 25.7 Å². The number of hydrogen-bond donors (Lipinski definition) is 5. The van der Waals surface area contributed by atoms with Gasteiger partial charge in [0.25, 0.3) is 11.8 Å². The molecule has 1 saturated carbocycles. The number of fused-ring (bicyclic) bond motifs is 1. The molecule has 2 heterocycles. The molecule has 0 saturated heterocycles. The van der Waals surface area contributed by atoms with E-state index in [-0.39, 0.29) is 67.5 Å². The summed E-state index contributed by atoms with van der Waals surface area (Å²) < 4.78 is 24.1. The highest BCUT2D eigenvalue weighted by Crippen LogP contribution is 2.40. The minimum atomic E-state index is -1.42. The van der Waals surface area contributed by atoms with Crippen LogP contribution in [0.4, 0.5) is 5.69 Å². The van der Waals surface area contributed by atoms with Crippen molar-refractivity contribution in [2.45, 2.75) is 195 Å². The van der Waals surface area contributed by atoms with Gasteiger partial charge >= 0.3 is 11.9 Å². The van der Waals surface area contributed by atoms with Gasteiger partial charge in [0, 0.05) is 48.6 Å². The fourth-order valence-electron chi connectivity index (χ4n) is 10.8. The number of H-pyrrole nitrogens is 1. The summed E-state index contributed by atoms with van der Waals surface area (Å²) in [5, 5.41) is 28.0. The van der Waals surface area contributed by atoms with E-state index in [1.54, 1.807) is 52.0 Å². The number of benzene rings is 2. The van der Waals surface area contributed by atoms with Crippen molar-refractivity contribution in [1.82, 2.24) is 15.2 Å². The molecule has 0 spiro atoms. The van der Waals surface area contributed by atoms with Crippen molar-refractivity contribution in [2.24, 2.45) is 11.8 Å². The van der Waals surface area contributed by atoms with Crippen molar-refractivity contribution < 1.29 is 57.9 Å². The van der Waals surface area contributed by atoms with Crippen molar-refractivity contribution in [1.29, 1.82) is 0 Å². The van der Waals surface area contributed by atoms with Gasteiger partial charge in [0.15, 0.2) is 11.4 Å². The molecular weight excluding hydrogens is 1000 g/mol. The summed E-state index contributed by atoms with van der Waals surface area (Å²) in [7, 11) is 0.